The van der Waals surface area contributed by atoms with Crippen LogP contribution in [0.1, 0.15) is 19.3 Å². The highest BCUT2D eigenvalue weighted by atomic mass is 35.5. The first-order chi connectivity index (χ1) is 9.80. The van der Waals surface area contributed by atoms with Crippen molar-refractivity contribution < 1.29 is 22.7 Å². The number of sulfonamides is 1. The first-order valence-corrected chi connectivity index (χ1v) is 8.29. The normalized spacial score (nSPS) is 20.4. The third-order valence-electron chi connectivity index (χ3n) is 3.46. The van der Waals surface area contributed by atoms with E-state index < -0.39 is 21.8 Å². The summed E-state index contributed by atoms with van der Waals surface area (Å²) in [5.74, 6) is -1.88. The SMILES string of the molecule is O=C(O)CC1CCCN(S(=O)(=O)c2cc(F)ccc2Cl)C1. The van der Waals surface area contributed by atoms with E-state index in [0.29, 0.717) is 12.8 Å². The fourth-order valence-corrected chi connectivity index (χ4v) is 4.51. The van der Waals surface area contributed by atoms with Gasteiger partial charge in [0.05, 0.1) is 5.02 Å². The molecule has 0 aliphatic carbocycles. The van der Waals surface area contributed by atoms with Gasteiger partial charge in [-0.25, -0.2) is 12.8 Å². The summed E-state index contributed by atoms with van der Waals surface area (Å²) in [6.45, 7) is 0.396. The number of rotatable bonds is 4. The number of nitrogens with zero attached hydrogens (tertiary/aromatic N) is 1. The van der Waals surface area contributed by atoms with Crippen LogP contribution >= 0.6 is 11.6 Å². The van der Waals surface area contributed by atoms with Gasteiger partial charge in [0.15, 0.2) is 0 Å². The molecule has 116 valence electrons. The molecule has 1 fully saturated rings. The smallest absolute Gasteiger partial charge is 0.303 e. The molecule has 1 heterocycles. The quantitative estimate of drug-likeness (QED) is 0.916. The van der Waals surface area contributed by atoms with Gasteiger partial charge in [0.25, 0.3) is 0 Å². The maximum atomic E-state index is 13.3. The second kappa shape index (κ2) is 6.29. The number of piperidine rings is 1. The summed E-state index contributed by atoms with van der Waals surface area (Å²) in [7, 11) is -3.92. The molecule has 0 aromatic heterocycles. The standard InChI is InChI=1S/C13H15ClFNO4S/c14-11-4-3-10(15)7-12(11)21(19,20)16-5-1-2-9(8-16)6-13(17)18/h3-4,7,9H,1-2,5-6,8H2,(H,17,18). The van der Waals surface area contributed by atoms with Crippen LogP contribution in [0, 0.1) is 11.7 Å². The fraction of sp³-hybridized carbons (Fsp3) is 0.462. The van der Waals surface area contributed by atoms with Crippen molar-refractivity contribution in [1.82, 2.24) is 4.31 Å². The number of halogens is 2. The Hall–Kier alpha value is -1.18. The van der Waals surface area contributed by atoms with E-state index in [1.165, 1.54) is 10.4 Å². The molecule has 0 spiro atoms. The minimum atomic E-state index is -3.92. The van der Waals surface area contributed by atoms with Crippen molar-refractivity contribution in [2.24, 2.45) is 5.92 Å². The van der Waals surface area contributed by atoms with E-state index in [2.05, 4.69) is 0 Å². The molecule has 0 saturated carbocycles. The van der Waals surface area contributed by atoms with Gasteiger partial charge in [0.1, 0.15) is 10.7 Å². The average Bonchev–Trinajstić information content (AvgIpc) is 2.41. The van der Waals surface area contributed by atoms with Gasteiger partial charge in [0, 0.05) is 19.5 Å². The lowest BCUT2D eigenvalue weighted by atomic mass is 9.96. The molecule has 1 atom stereocenters. The Morgan fingerprint density at radius 3 is 2.86 bits per heavy atom. The predicted molar refractivity (Wildman–Crippen MR) is 75.1 cm³/mol. The van der Waals surface area contributed by atoms with Crippen LogP contribution in [0.4, 0.5) is 4.39 Å². The molecular weight excluding hydrogens is 321 g/mol. The largest absolute Gasteiger partial charge is 0.481 e. The van der Waals surface area contributed by atoms with Crippen LogP contribution < -0.4 is 0 Å². The minimum absolute atomic E-state index is 0.0447. The van der Waals surface area contributed by atoms with Gasteiger partial charge in [-0.05, 0) is 37.0 Å². The third-order valence-corrected chi connectivity index (χ3v) is 5.80. The third kappa shape index (κ3) is 3.72. The highest BCUT2D eigenvalue weighted by Gasteiger charge is 2.32. The van der Waals surface area contributed by atoms with Gasteiger partial charge in [-0.3, -0.25) is 4.79 Å². The van der Waals surface area contributed by atoms with E-state index in [9.17, 15) is 17.6 Å². The average molecular weight is 336 g/mol. The van der Waals surface area contributed by atoms with E-state index in [1.54, 1.807) is 0 Å². The maximum absolute atomic E-state index is 13.3. The van der Waals surface area contributed by atoms with E-state index in [0.717, 1.165) is 12.1 Å². The van der Waals surface area contributed by atoms with Crippen LogP contribution in [-0.2, 0) is 14.8 Å². The zero-order chi connectivity index (χ0) is 15.6. The van der Waals surface area contributed by atoms with Crippen LogP contribution in [0.2, 0.25) is 5.02 Å². The van der Waals surface area contributed by atoms with Gasteiger partial charge in [-0.1, -0.05) is 11.6 Å². The molecule has 1 aromatic rings. The Bertz CT molecular complexity index is 650. The Morgan fingerprint density at radius 1 is 1.48 bits per heavy atom. The minimum Gasteiger partial charge on any atom is -0.481 e. The first kappa shape index (κ1) is 16.2. The molecule has 1 N–H and O–H groups in total. The van der Waals surface area contributed by atoms with Crippen molar-refractivity contribution in [3.05, 3.63) is 29.0 Å². The number of aliphatic carboxylic acids is 1. The molecule has 0 bridgehead atoms. The summed E-state index contributed by atoms with van der Waals surface area (Å²) in [5, 5.41) is 8.77. The Kier molecular flexibility index (Phi) is 4.85. The summed E-state index contributed by atoms with van der Waals surface area (Å²) in [5.41, 5.74) is 0. The Morgan fingerprint density at radius 2 is 2.19 bits per heavy atom. The Labute approximate surface area is 127 Å². The summed E-state index contributed by atoms with van der Waals surface area (Å²) in [6, 6.07) is 3.17. The Balaban J connectivity index is 2.26. The fourth-order valence-electron chi connectivity index (χ4n) is 2.47. The molecule has 5 nitrogen and oxygen atoms in total. The van der Waals surface area contributed by atoms with Crippen LogP contribution in [0.3, 0.4) is 0 Å². The molecule has 1 saturated heterocycles. The van der Waals surface area contributed by atoms with Gasteiger partial charge in [-0.15, -0.1) is 0 Å². The number of carbonyl (C=O) groups is 1. The first-order valence-electron chi connectivity index (χ1n) is 6.47. The summed E-state index contributed by atoms with van der Waals surface area (Å²) >= 11 is 5.85. The number of benzene rings is 1. The van der Waals surface area contributed by atoms with Crippen LogP contribution in [-0.4, -0.2) is 36.9 Å². The van der Waals surface area contributed by atoms with Crippen LogP contribution in [0.15, 0.2) is 23.1 Å². The van der Waals surface area contributed by atoms with Crippen molar-refractivity contribution in [3.8, 4) is 0 Å². The van der Waals surface area contributed by atoms with Crippen molar-refractivity contribution in [1.29, 1.82) is 0 Å². The lowest BCUT2D eigenvalue weighted by Gasteiger charge is -2.31. The van der Waals surface area contributed by atoms with Gasteiger partial charge >= 0.3 is 5.97 Å². The molecule has 2 rings (SSSR count). The van der Waals surface area contributed by atoms with Crippen molar-refractivity contribution >= 4 is 27.6 Å². The zero-order valence-corrected chi connectivity index (χ0v) is 12.7. The van der Waals surface area contributed by atoms with E-state index >= 15 is 0 Å². The monoisotopic (exact) mass is 335 g/mol. The molecular formula is C13H15ClFNO4S. The molecule has 1 aliphatic rings. The number of hydrogen-bond donors (Lipinski definition) is 1. The highest BCUT2D eigenvalue weighted by molar-refractivity contribution is 7.89. The molecule has 8 heteroatoms. The second-order valence-corrected chi connectivity index (χ2v) is 7.36. The molecule has 1 aliphatic heterocycles. The second-order valence-electron chi connectivity index (χ2n) is 5.04. The lowest BCUT2D eigenvalue weighted by Crippen LogP contribution is -2.40. The molecule has 1 aromatic carbocycles. The number of hydrogen-bond acceptors (Lipinski definition) is 3. The van der Waals surface area contributed by atoms with Gasteiger partial charge in [0.2, 0.25) is 10.0 Å². The molecule has 1 unspecified atom stereocenters. The van der Waals surface area contributed by atoms with E-state index in [-0.39, 0.29) is 35.3 Å². The van der Waals surface area contributed by atoms with E-state index in [1.807, 2.05) is 0 Å². The topological polar surface area (TPSA) is 74.7 Å². The molecule has 0 radical (unpaired) electrons. The van der Waals surface area contributed by atoms with E-state index in [4.69, 9.17) is 16.7 Å². The van der Waals surface area contributed by atoms with Gasteiger partial charge < -0.3 is 5.11 Å². The highest BCUT2D eigenvalue weighted by Crippen LogP contribution is 2.29. The number of carboxylic acids is 1. The predicted octanol–water partition coefficient (Wildman–Crippen LogP) is 2.35. The maximum Gasteiger partial charge on any atom is 0.303 e. The summed E-state index contributed by atoms with van der Waals surface area (Å²) in [4.78, 5) is 10.5. The van der Waals surface area contributed by atoms with Crippen LogP contribution in [0.25, 0.3) is 0 Å². The zero-order valence-electron chi connectivity index (χ0n) is 11.1. The van der Waals surface area contributed by atoms with Crippen molar-refractivity contribution in [3.63, 3.8) is 0 Å². The van der Waals surface area contributed by atoms with Crippen molar-refractivity contribution in [2.75, 3.05) is 13.1 Å². The number of carboxylic acid groups (broad SMARTS) is 1. The molecule has 21 heavy (non-hydrogen) atoms. The van der Waals surface area contributed by atoms with Crippen LogP contribution in [0.5, 0.6) is 0 Å². The molecule has 0 amide bonds. The summed E-state index contributed by atoms with van der Waals surface area (Å²) in [6.07, 6.45) is 1.15. The van der Waals surface area contributed by atoms with Gasteiger partial charge in [-0.2, -0.15) is 4.31 Å². The van der Waals surface area contributed by atoms with Crippen molar-refractivity contribution in [2.45, 2.75) is 24.2 Å². The summed E-state index contributed by atoms with van der Waals surface area (Å²) < 4.78 is 39.5. The lowest BCUT2D eigenvalue weighted by molar-refractivity contribution is -0.138.